The number of non-ortho nitro benzene ring substituents is 1. The zero-order valence-electron chi connectivity index (χ0n) is 13.9. The molecule has 1 rings (SSSR count). The van der Waals surface area contributed by atoms with Crippen molar-refractivity contribution in [2.75, 3.05) is 33.4 Å². The van der Waals surface area contributed by atoms with Crippen LogP contribution >= 0.6 is 0 Å². The molecule has 0 radical (unpaired) electrons. The maximum absolute atomic E-state index is 10.6. The Hall–Kier alpha value is -2.15. The fourth-order valence-electron chi connectivity index (χ4n) is 2.03. The summed E-state index contributed by atoms with van der Waals surface area (Å²) in [6.07, 6.45) is 2.87. The Balaban J connectivity index is 2.28. The van der Waals surface area contributed by atoms with E-state index in [0.29, 0.717) is 6.61 Å². The topological polar surface area (TPSA) is 88.8 Å². The van der Waals surface area contributed by atoms with Crippen molar-refractivity contribution in [2.45, 2.75) is 26.2 Å². The molecule has 23 heavy (non-hydrogen) atoms. The molecule has 0 unspecified atom stereocenters. The van der Waals surface area contributed by atoms with Crippen LogP contribution in [0.25, 0.3) is 0 Å². The summed E-state index contributed by atoms with van der Waals surface area (Å²) in [5.41, 5.74) is 1.25. The second kappa shape index (κ2) is 11.4. The molecule has 0 aliphatic heterocycles. The van der Waals surface area contributed by atoms with Crippen LogP contribution in [-0.4, -0.2) is 44.2 Å². The van der Waals surface area contributed by atoms with Gasteiger partial charge in [0.25, 0.3) is 5.69 Å². The van der Waals surface area contributed by atoms with Gasteiger partial charge in [0, 0.05) is 38.9 Å². The van der Waals surface area contributed by atoms with Crippen molar-refractivity contribution in [3.63, 3.8) is 0 Å². The van der Waals surface area contributed by atoms with E-state index in [1.54, 1.807) is 19.2 Å². The molecule has 2 N–H and O–H groups in total. The van der Waals surface area contributed by atoms with Gasteiger partial charge in [-0.05, 0) is 31.7 Å². The third-order valence-electron chi connectivity index (χ3n) is 3.23. The summed E-state index contributed by atoms with van der Waals surface area (Å²) in [5, 5.41) is 17.0. The van der Waals surface area contributed by atoms with Crippen molar-refractivity contribution in [1.82, 2.24) is 10.6 Å². The number of nitro groups is 1. The van der Waals surface area contributed by atoms with Gasteiger partial charge >= 0.3 is 0 Å². The van der Waals surface area contributed by atoms with Crippen LogP contribution in [-0.2, 0) is 11.2 Å². The number of methoxy groups -OCH3 is 1. The molecule has 0 amide bonds. The minimum atomic E-state index is -0.378. The third kappa shape index (κ3) is 8.15. The number of aliphatic imine (C=N–C) groups is 1. The van der Waals surface area contributed by atoms with Gasteiger partial charge in [0.2, 0.25) is 0 Å². The predicted octanol–water partition coefficient (Wildman–Crippen LogP) is 2.12. The van der Waals surface area contributed by atoms with E-state index in [0.717, 1.165) is 50.4 Å². The number of nitrogens with one attached hydrogen (secondary N) is 2. The molecule has 7 heteroatoms. The smallest absolute Gasteiger partial charge is 0.269 e. The molecule has 0 heterocycles. The lowest BCUT2D eigenvalue weighted by molar-refractivity contribution is -0.384. The molecule has 0 aliphatic carbocycles. The fraction of sp³-hybridized carbons (Fsp3) is 0.562. The summed E-state index contributed by atoms with van der Waals surface area (Å²) in [6, 6.07) is 6.74. The van der Waals surface area contributed by atoms with E-state index in [-0.39, 0.29) is 10.6 Å². The highest BCUT2D eigenvalue weighted by atomic mass is 16.6. The highest BCUT2D eigenvalue weighted by Gasteiger charge is 2.03. The van der Waals surface area contributed by atoms with Crippen molar-refractivity contribution in [3.8, 4) is 0 Å². The van der Waals surface area contributed by atoms with Crippen molar-refractivity contribution < 1.29 is 9.66 Å². The van der Waals surface area contributed by atoms with E-state index in [9.17, 15) is 10.1 Å². The Morgan fingerprint density at radius 3 is 2.61 bits per heavy atom. The van der Waals surface area contributed by atoms with Crippen LogP contribution in [0.1, 0.15) is 25.3 Å². The highest BCUT2D eigenvalue weighted by molar-refractivity contribution is 5.79. The number of hydrogen-bond donors (Lipinski definition) is 2. The van der Waals surface area contributed by atoms with E-state index in [4.69, 9.17) is 4.74 Å². The first-order valence-electron chi connectivity index (χ1n) is 7.91. The number of aryl methyl sites for hydroxylation is 1. The predicted molar refractivity (Wildman–Crippen MR) is 91.9 cm³/mol. The molecular weight excluding hydrogens is 296 g/mol. The quantitative estimate of drug-likeness (QED) is 0.226. The SMILES string of the molecule is CCNC(=NCCCCc1ccc([N+](=O)[O-])cc1)NCCOC. The highest BCUT2D eigenvalue weighted by Crippen LogP contribution is 2.13. The molecule has 0 fully saturated rings. The minimum absolute atomic E-state index is 0.135. The van der Waals surface area contributed by atoms with Crippen molar-refractivity contribution in [2.24, 2.45) is 4.99 Å². The van der Waals surface area contributed by atoms with Crippen LogP contribution in [0.5, 0.6) is 0 Å². The van der Waals surface area contributed by atoms with E-state index in [2.05, 4.69) is 15.6 Å². The summed E-state index contributed by atoms with van der Waals surface area (Å²) < 4.78 is 5.00. The number of benzene rings is 1. The van der Waals surface area contributed by atoms with Crippen LogP contribution in [0, 0.1) is 10.1 Å². The van der Waals surface area contributed by atoms with Gasteiger partial charge in [-0.15, -0.1) is 0 Å². The Bertz CT molecular complexity index is 489. The lowest BCUT2D eigenvalue weighted by Gasteiger charge is -2.10. The molecule has 0 spiro atoms. The van der Waals surface area contributed by atoms with E-state index >= 15 is 0 Å². The summed E-state index contributed by atoms with van der Waals surface area (Å²) in [5.74, 6) is 0.805. The average molecular weight is 322 g/mol. The molecular formula is C16H26N4O3. The van der Waals surface area contributed by atoms with Crippen LogP contribution in [0.3, 0.4) is 0 Å². The van der Waals surface area contributed by atoms with Gasteiger partial charge in [0.1, 0.15) is 0 Å². The maximum Gasteiger partial charge on any atom is 0.269 e. The van der Waals surface area contributed by atoms with Crippen LogP contribution in [0.15, 0.2) is 29.3 Å². The number of unbranched alkanes of at least 4 members (excludes halogenated alkanes) is 1. The molecule has 0 atom stereocenters. The summed E-state index contributed by atoms with van der Waals surface area (Å²) in [4.78, 5) is 14.7. The van der Waals surface area contributed by atoms with Crippen molar-refractivity contribution in [3.05, 3.63) is 39.9 Å². The average Bonchev–Trinajstić information content (AvgIpc) is 2.55. The first-order valence-corrected chi connectivity index (χ1v) is 7.91. The summed E-state index contributed by atoms with van der Waals surface area (Å²) in [6.45, 7) is 4.97. The third-order valence-corrected chi connectivity index (χ3v) is 3.23. The first-order chi connectivity index (χ1) is 11.2. The summed E-state index contributed by atoms with van der Waals surface area (Å²) in [7, 11) is 1.67. The van der Waals surface area contributed by atoms with Gasteiger partial charge in [0.15, 0.2) is 5.96 Å². The Morgan fingerprint density at radius 1 is 1.26 bits per heavy atom. The lowest BCUT2D eigenvalue weighted by atomic mass is 10.1. The first kappa shape index (κ1) is 18.9. The van der Waals surface area contributed by atoms with Crippen LogP contribution in [0.2, 0.25) is 0 Å². The van der Waals surface area contributed by atoms with E-state index in [1.165, 1.54) is 0 Å². The molecule has 0 aromatic heterocycles. The molecule has 0 bridgehead atoms. The second-order valence-corrected chi connectivity index (χ2v) is 5.06. The van der Waals surface area contributed by atoms with Crippen molar-refractivity contribution >= 4 is 11.6 Å². The molecule has 0 aliphatic rings. The van der Waals surface area contributed by atoms with Gasteiger partial charge < -0.3 is 15.4 Å². The second-order valence-electron chi connectivity index (χ2n) is 5.06. The standard InChI is InChI=1S/C16H26N4O3/c1-3-17-16(19-12-13-23-2)18-11-5-4-6-14-7-9-15(10-8-14)20(21)22/h7-10H,3-6,11-13H2,1-2H3,(H2,17,18,19). The van der Waals surface area contributed by atoms with E-state index < -0.39 is 0 Å². The monoisotopic (exact) mass is 322 g/mol. The number of rotatable bonds is 10. The van der Waals surface area contributed by atoms with Crippen molar-refractivity contribution in [1.29, 1.82) is 0 Å². The van der Waals surface area contributed by atoms with Gasteiger partial charge in [-0.1, -0.05) is 12.1 Å². The molecule has 0 saturated heterocycles. The Labute approximate surface area is 137 Å². The number of nitro benzene ring substituents is 1. The zero-order valence-corrected chi connectivity index (χ0v) is 13.9. The molecule has 1 aromatic rings. The van der Waals surface area contributed by atoms with Gasteiger partial charge in [-0.2, -0.15) is 0 Å². The molecule has 1 aromatic carbocycles. The molecule has 128 valence electrons. The molecule has 7 nitrogen and oxygen atoms in total. The van der Waals surface area contributed by atoms with Gasteiger partial charge in [-0.25, -0.2) is 0 Å². The number of guanidine groups is 1. The van der Waals surface area contributed by atoms with Gasteiger partial charge in [0.05, 0.1) is 11.5 Å². The lowest BCUT2D eigenvalue weighted by Crippen LogP contribution is -2.39. The minimum Gasteiger partial charge on any atom is -0.383 e. The normalized spacial score (nSPS) is 11.3. The number of ether oxygens (including phenoxy) is 1. The molecule has 0 saturated carbocycles. The fourth-order valence-corrected chi connectivity index (χ4v) is 2.03. The largest absolute Gasteiger partial charge is 0.383 e. The maximum atomic E-state index is 10.6. The van der Waals surface area contributed by atoms with Crippen LogP contribution in [0.4, 0.5) is 5.69 Å². The van der Waals surface area contributed by atoms with Crippen LogP contribution < -0.4 is 10.6 Å². The zero-order chi connectivity index (χ0) is 16.9. The Kier molecular flexibility index (Phi) is 9.38. The number of hydrogen-bond acceptors (Lipinski definition) is 4. The van der Waals surface area contributed by atoms with E-state index in [1.807, 2.05) is 19.1 Å². The summed E-state index contributed by atoms with van der Waals surface area (Å²) >= 11 is 0. The Morgan fingerprint density at radius 2 is 2.00 bits per heavy atom. The van der Waals surface area contributed by atoms with Gasteiger partial charge in [-0.3, -0.25) is 15.1 Å². The number of nitrogens with zero attached hydrogens (tertiary/aromatic N) is 2.